The molecule has 2 nitrogen and oxygen atoms in total. The minimum Gasteiger partial charge on any atom is -0.439 e. The quantitative estimate of drug-likeness (QED) is 0.535. The zero-order chi connectivity index (χ0) is 14.4. The number of hydrogen-bond acceptors (Lipinski definition) is 3. The Morgan fingerprint density at radius 1 is 1.20 bits per heavy atom. The van der Waals surface area contributed by atoms with Gasteiger partial charge in [-0.05, 0) is 48.6 Å². The Morgan fingerprint density at radius 2 is 1.95 bits per heavy atom. The summed E-state index contributed by atoms with van der Waals surface area (Å²) in [7, 11) is 0. The van der Waals surface area contributed by atoms with Crippen molar-refractivity contribution in [1.82, 2.24) is 4.98 Å². The van der Waals surface area contributed by atoms with Crippen LogP contribution in [0, 0.1) is 0 Å². The SMILES string of the molecule is CCCc1cc(CCl)cc(Oc2ccc(SC)cc2)n1. The summed E-state index contributed by atoms with van der Waals surface area (Å²) in [6.45, 7) is 2.14. The Labute approximate surface area is 129 Å². The summed E-state index contributed by atoms with van der Waals surface area (Å²) in [6, 6.07) is 11.9. The molecular weight excluding hydrogens is 290 g/mol. The molecule has 0 radical (unpaired) electrons. The third-order valence-corrected chi connectivity index (χ3v) is 3.91. The Hall–Kier alpha value is -1.19. The molecule has 0 fully saturated rings. The predicted molar refractivity (Wildman–Crippen MR) is 86.1 cm³/mol. The predicted octanol–water partition coefficient (Wildman–Crippen LogP) is 5.29. The van der Waals surface area contributed by atoms with Gasteiger partial charge < -0.3 is 4.74 Å². The van der Waals surface area contributed by atoms with E-state index in [0.717, 1.165) is 29.8 Å². The molecule has 2 rings (SSSR count). The topological polar surface area (TPSA) is 22.1 Å². The average molecular weight is 308 g/mol. The smallest absolute Gasteiger partial charge is 0.219 e. The van der Waals surface area contributed by atoms with Crippen LogP contribution in [0.1, 0.15) is 24.6 Å². The molecule has 0 N–H and O–H groups in total. The molecule has 0 saturated heterocycles. The van der Waals surface area contributed by atoms with Gasteiger partial charge in [0.25, 0.3) is 0 Å². The van der Waals surface area contributed by atoms with E-state index in [4.69, 9.17) is 16.3 Å². The van der Waals surface area contributed by atoms with Crippen molar-refractivity contribution in [2.45, 2.75) is 30.5 Å². The van der Waals surface area contributed by atoms with E-state index in [1.807, 2.05) is 36.4 Å². The molecule has 0 aliphatic heterocycles. The van der Waals surface area contributed by atoms with E-state index in [0.29, 0.717) is 11.8 Å². The first kappa shape index (κ1) is 15.2. The van der Waals surface area contributed by atoms with Gasteiger partial charge in [-0.2, -0.15) is 0 Å². The summed E-state index contributed by atoms with van der Waals surface area (Å²) < 4.78 is 5.83. The molecule has 0 spiro atoms. The molecule has 0 amide bonds. The average Bonchev–Trinajstić information content (AvgIpc) is 2.48. The first-order chi connectivity index (χ1) is 9.75. The Morgan fingerprint density at radius 3 is 2.55 bits per heavy atom. The molecule has 1 heterocycles. The lowest BCUT2D eigenvalue weighted by molar-refractivity contribution is 0.459. The fraction of sp³-hybridized carbons (Fsp3) is 0.312. The van der Waals surface area contributed by atoms with Crippen molar-refractivity contribution < 1.29 is 4.74 Å². The number of thioether (sulfide) groups is 1. The van der Waals surface area contributed by atoms with Crippen LogP contribution in [-0.2, 0) is 12.3 Å². The van der Waals surface area contributed by atoms with E-state index in [1.54, 1.807) is 11.8 Å². The summed E-state index contributed by atoms with van der Waals surface area (Å²) >= 11 is 7.64. The van der Waals surface area contributed by atoms with E-state index in [9.17, 15) is 0 Å². The number of ether oxygens (including phenoxy) is 1. The summed E-state index contributed by atoms with van der Waals surface area (Å²) in [6.07, 6.45) is 4.05. The van der Waals surface area contributed by atoms with E-state index >= 15 is 0 Å². The zero-order valence-corrected chi connectivity index (χ0v) is 13.3. The maximum absolute atomic E-state index is 5.93. The van der Waals surface area contributed by atoms with Crippen LogP contribution in [-0.4, -0.2) is 11.2 Å². The summed E-state index contributed by atoms with van der Waals surface area (Å²) in [5.74, 6) is 1.88. The van der Waals surface area contributed by atoms with Gasteiger partial charge in [0.15, 0.2) is 0 Å². The van der Waals surface area contributed by atoms with Gasteiger partial charge in [-0.3, -0.25) is 0 Å². The normalized spacial score (nSPS) is 10.6. The Bertz CT molecular complexity index is 557. The third kappa shape index (κ3) is 4.15. The lowest BCUT2D eigenvalue weighted by Crippen LogP contribution is -1.96. The molecule has 20 heavy (non-hydrogen) atoms. The van der Waals surface area contributed by atoms with Crippen molar-refractivity contribution in [2.75, 3.05) is 6.26 Å². The second-order valence-electron chi connectivity index (χ2n) is 4.47. The molecular formula is C16H18ClNOS. The lowest BCUT2D eigenvalue weighted by Gasteiger charge is -2.09. The number of aromatic nitrogens is 1. The van der Waals surface area contributed by atoms with Gasteiger partial charge in [-0.1, -0.05) is 13.3 Å². The summed E-state index contributed by atoms with van der Waals surface area (Å²) in [4.78, 5) is 5.74. The standard InChI is InChI=1S/C16H18ClNOS/c1-3-4-13-9-12(11-17)10-16(18-13)19-14-5-7-15(20-2)8-6-14/h5-10H,3-4,11H2,1-2H3. The highest BCUT2D eigenvalue weighted by molar-refractivity contribution is 7.98. The van der Waals surface area contributed by atoms with Gasteiger partial charge >= 0.3 is 0 Å². The van der Waals surface area contributed by atoms with Crippen LogP contribution in [0.25, 0.3) is 0 Å². The highest BCUT2D eigenvalue weighted by atomic mass is 35.5. The molecule has 0 aliphatic carbocycles. The molecule has 0 bridgehead atoms. The number of pyridine rings is 1. The zero-order valence-electron chi connectivity index (χ0n) is 11.7. The first-order valence-electron chi connectivity index (χ1n) is 6.63. The molecule has 1 aromatic carbocycles. The molecule has 0 atom stereocenters. The van der Waals surface area contributed by atoms with Crippen molar-refractivity contribution in [3.63, 3.8) is 0 Å². The fourth-order valence-corrected chi connectivity index (χ4v) is 2.46. The summed E-state index contributed by atoms with van der Waals surface area (Å²) in [5.41, 5.74) is 2.07. The highest BCUT2D eigenvalue weighted by Gasteiger charge is 2.05. The van der Waals surface area contributed by atoms with E-state index in [1.165, 1.54) is 4.90 Å². The molecule has 4 heteroatoms. The first-order valence-corrected chi connectivity index (χ1v) is 8.38. The van der Waals surface area contributed by atoms with Crippen molar-refractivity contribution in [3.05, 3.63) is 47.7 Å². The highest BCUT2D eigenvalue weighted by Crippen LogP contribution is 2.24. The van der Waals surface area contributed by atoms with Crippen LogP contribution in [0.5, 0.6) is 11.6 Å². The molecule has 106 valence electrons. The number of nitrogens with zero attached hydrogens (tertiary/aromatic N) is 1. The minimum atomic E-state index is 0.473. The van der Waals surface area contributed by atoms with Crippen LogP contribution < -0.4 is 4.74 Å². The van der Waals surface area contributed by atoms with Crippen molar-refractivity contribution in [2.24, 2.45) is 0 Å². The number of benzene rings is 1. The third-order valence-electron chi connectivity index (χ3n) is 2.86. The van der Waals surface area contributed by atoms with Crippen LogP contribution in [0.3, 0.4) is 0 Å². The molecule has 0 saturated carbocycles. The molecule has 2 aromatic rings. The van der Waals surface area contributed by atoms with Gasteiger partial charge in [-0.25, -0.2) is 4.98 Å². The Balaban J connectivity index is 2.20. The number of rotatable bonds is 6. The second kappa shape index (κ2) is 7.55. The van der Waals surface area contributed by atoms with E-state index in [2.05, 4.69) is 18.2 Å². The number of hydrogen-bond donors (Lipinski definition) is 0. The van der Waals surface area contributed by atoms with Crippen LogP contribution >= 0.6 is 23.4 Å². The van der Waals surface area contributed by atoms with Crippen LogP contribution in [0.15, 0.2) is 41.3 Å². The van der Waals surface area contributed by atoms with Crippen LogP contribution in [0.2, 0.25) is 0 Å². The number of alkyl halides is 1. The molecule has 0 unspecified atom stereocenters. The summed E-state index contributed by atoms with van der Waals surface area (Å²) in [5, 5.41) is 0. The van der Waals surface area contributed by atoms with E-state index < -0.39 is 0 Å². The van der Waals surface area contributed by atoms with E-state index in [-0.39, 0.29) is 0 Å². The van der Waals surface area contributed by atoms with Gasteiger partial charge in [0.1, 0.15) is 5.75 Å². The van der Waals surface area contributed by atoms with Gasteiger partial charge in [0, 0.05) is 22.5 Å². The minimum absolute atomic E-state index is 0.473. The number of halogens is 1. The largest absolute Gasteiger partial charge is 0.439 e. The maximum atomic E-state index is 5.93. The van der Waals surface area contributed by atoms with Gasteiger partial charge in [-0.15, -0.1) is 23.4 Å². The van der Waals surface area contributed by atoms with Gasteiger partial charge in [0.05, 0.1) is 0 Å². The van der Waals surface area contributed by atoms with Crippen molar-refractivity contribution in [3.8, 4) is 11.6 Å². The van der Waals surface area contributed by atoms with Crippen molar-refractivity contribution in [1.29, 1.82) is 0 Å². The Kier molecular flexibility index (Phi) is 5.74. The van der Waals surface area contributed by atoms with Gasteiger partial charge in [0.2, 0.25) is 5.88 Å². The monoisotopic (exact) mass is 307 g/mol. The fourth-order valence-electron chi connectivity index (χ4n) is 1.90. The maximum Gasteiger partial charge on any atom is 0.219 e. The van der Waals surface area contributed by atoms with Crippen LogP contribution in [0.4, 0.5) is 0 Å². The second-order valence-corrected chi connectivity index (χ2v) is 5.61. The molecule has 1 aromatic heterocycles. The lowest BCUT2D eigenvalue weighted by atomic mass is 10.2. The molecule has 0 aliphatic rings. The van der Waals surface area contributed by atoms with Crippen molar-refractivity contribution >= 4 is 23.4 Å². The number of aryl methyl sites for hydroxylation is 1.